The number of carbonyl (C=O) groups excluding carboxylic acids is 3. The van der Waals surface area contributed by atoms with E-state index in [0.717, 1.165) is 24.1 Å². The number of benzene rings is 1. The Balaban J connectivity index is 1.23. The van der Waals surface area contributed by atoms with Gasteiger partial charge in [0.05, 0.1) is 18.7 Å². The molecule has 0 bridgehead atoms. The highest BCUT2D eigenvalue weighted by atomic mass is 32.1. The summed E-state index contributed by atoms with van der Waals surface area (Å²) in [7, 11) is 0. The minimum atomic E-state index is -0.0304. The van der Waals surface area contributed by atoms with Crippen molar-refractivity contribution in [2.45, 2.75) is 32.6 Å². The molecular formula is C23H29N5O3S. The molecule has 0 atom stereocenters. The zero-order valence-electron chi connectivity index (χ0n) is 18.4. The van der Waals surface area contributed by atoms with Gasteiger partial charge in [-0.1, -0.05) is 25.1 Å². The average Bonchev–Trinajstić information content (AvgIpc) is 3.43. The first-order chi connectivity index (χ1) is 15.5. The summed E-state index contributed by atoms with van der Waals surface area (Å²) in [6.45, 7) is 5.62. The van der Waals surface area contributed by atoms with Gasteiger partial charge >= 0.3 is 0 Å². The molecule has 1 aromatic carbocycles. The Morgan fingerprint density at radius 2 is 1.91 bits per heavy atom. The Labute approximate surface area is 192 Å². The highest BCUT2D eigenvalue weighted by molar-refractivity contribution is 7.14. The van der Waals surface area contributed by atoms with Crippen LogP contribution >= 0.6 is 11.3 Å². The normalized spacial score (nSPS) is 17.1. The van der Waals surface area contributed by atoms with E-state index >= 15 is 0 Å². The van der Waals surface area contributed by atoms with Crippen LogP contribution in [0, 0.1) is 0 Å². The van der Waals surface area contributed by atoms with Crippen molar-refractivity contribution in [1.29, 1.82) is 0 Å². The van der Waals surface area contributed by atoms with Crippen LogP contribution < -0.4 is 10.2 Å². The summed E-state index contributed by atoms with van der Waals surface area (Å²) in [6.07, 6.45) is 2.54. The molecule has 0 spiro atoms. The molecule has 3 heterocycles. The monoisotopic (exact) mass is 455 g/mol. The van der Waals surface area contributed by atoms with Crippen LogP contribution in [-0.4, -0.2) is 71.8 Å². The number of rotatable bonds is 7. The molecule has 1 aromatic heterocycles. The molecule has 2 aliphatic rings. The van der Waals surface area contributed by atoms with Gasteiger partial charge in [-0.25, -0.2) is 4.98 Å². The summed E-state index contributed by atoms with van der Waals surface area (Å²) < 4.78 is 0. The van der Waals surface area contributed by atoms with Gasteiger partial charge in [0.25, 0.3) is 0 Å². The number of nitrogens with zero attached hydrogens (tertiary/aromatic N) is 4. The lowest BCUT2D eigenvalue weighted by Gasteiger charge is -2.34. The van der Waals surface area contributed by atoms with Gasteiger partial charge in [-0.15, -0.1) is 11.3 Å². The van der Waals surface area contributed by atoms with Gasteiger partial charge in [0, 0.05) is 50.2 Å². The summed E-state index contributed by atoms with van der Waals surface area (Å²) in [6, 6.07) is 7.85. The summed E-state index contributed by atoms with van der Waals surface area (Å²) >= 11 is 1.42. The molecule has 8 nitrogen and oxygen atoms in total. The molecule has 1 N–H and O–H groups in total. The summed E-state index contributed by atoms with van der Waals surface area (Å²) in [5.41, 5.74) is 2.70. The minimum absolute atomic E-state index is 0.0304. The van der Waals surface area contributed by atoms with E-state index in [4.69, 9.17) is 0 Å². The molecule has 2 aliphatic heterocycles. The lowest BCUT2D eigenvalue weighted by atomic mass is 10.1. The molecule has 2 aromatic rings. The number of carbonyl (C=O) groups is 3. The molecule has 4 rings (SSSR count). The van der Waals surface area contributed by atoms with Gasteiger partial charge in [-0.3, -0.25) is 24.2 Å². The molecule has 0 aliphatic carbocycles. The number of amides is 3. The van der Waals surface area contributed by atoms with Crippen LogP contribution in [0.2, 0.25) is 0 Å². The number of para-hydroxylation sites is 1. The van der Waals surface area contributed by atoms with Gasteiger partial charge in [-0.2, -0.15) is 0 Å². The number of anilines is 2. The average molecular weight is 456 g/mol. The lowest BCUT2D eigenvalue weighted by molar-refractivity contribution is -0.132. The number of aryl methyl sites for hydroxylation is 1. The number of hydrogen-bond donors (Lipinski definition) is 1. The first kappa shape index (κ1) is 22.4. The fourth-order valence-electron chi connectivity index (χ4n) is 4.12. The topological polar surface area (TPSA) is 85.9 Å². The van der Waals surface area contributed by atoms with E-state index in [9.17, 15) is 14.4 Å². The standard InChI is InChI=1S/C23H29N5O3S/c1-2-17-6-3-4-7-19(17)25-20(29)15-26-10-12-27(13-11-26)22(31)14-18-16-32-23(24-18)28-9-5-8-21(28)30/h3-4,6-7,16H,2,5,8-15H2,1H3,(H,25,29). The van der Waals surface area contributed by atoms with Crippen LogP contribution in [-0.2, 0) is 27.2 Å². The Kier molecular flexibility index (Phi) is 7.16. The SMILES string of the molecule is CCc1ccccc1NC(=O)CN1CCN(C(=O)Cc2csc(N3CCCC3=O)n2)CC1. The van der Waals surface area contributed by atoms with Gasteiger partial charge in [-0.05, 0) is 24.5 Å². The van der Waals surface area contributed by atoms with Gasteiger partial charge < -0.3 is 10.2 Å². The van der Waals surface area contributed by atoms with Crippen molar-refractivity contribution >= 4 is 39.9 Å². The van der Waals surface area contributed by atoms with Gasteiger partial charge in [0.1, 0.15) is 0 Å². The molecule has 0 saturated carbocycles. The van der Waals surface area contributed by atoms with Gasteiger partial charge in [0.15, 0.2) is 5.13 Å². The number of hydrogen-bond acceptors (Lipinski definition) is 6. The third-order valence-electron chi connectivity index (χ3n) is 5.94. The predicted molar refractivity (Wildman–Crippen MR) is 125 cm³/mol. The second-order valence-electron chi connectivity index (χ2n) is 8.16. The molecule has 2 saturated heterocycles. The van der Waals surface area contributed by atoms with Crippen molar-refractivity contribution in [3.8, 4) is 0 Å². The van der Waals surface area contributed by atoms with E-state index in [1.165, 1.54) is 11.3 Å². The van der Waals surface area contributed by atoms with E-state index in [0.29, 0.717) is 56.5 Å². The van der Waals surface area contributed by atoms with E-state index in [2.05, 4.69) is 22.1 Å². The zero-order valence-corrected chi connectivity index (χ0v) is 19.2. The van der Waals surface area contributed by atoms with Crippen LogP contribution in [0.5, 0.6) is 0 Å². The first-order valence-corrected chi connectivity index (χ1v) is 12.0. The lowest BCUT2D eigenvalue weighted by Crippen LogP contribution is -2.50. The zero-order chi connectivity index (χ0) is 22.5. The van der Waals surface area contributed by atoms with Crippen LogP contribution in [0.3, 0.4) is 0 Å². The molecular weight excluding hydrogens is 426 g/mol. The van der Waals surface area contributed by atoms with E-state index in [1.54, 1.807) is 4.90 Å². The van der Waals surface area contributed by atoms with E-state index in [-0.39, 0.29) is 24.1 Å². The molecule has 32 heavy (non-hydrogen) atoms. The maximum Gasteiger partial charge on any atom is 0.238 e. The van der Waals surface area contributed by atoms with Crippen molar-refractivity contribution in [3.63, 3.8) is 0 Å². The maximum absolute atomic E-state index is 12.7. The third-order valence-corrected chi connectivity index (χ3v) is 6.85. The number of piperazine rings is 1. The highest BCUT2D eigenvalue weighted by Crippen LogP contribution is 2.25. The summed E-state index contributed by atoms with van der Waals surface area (Å²) in [4.78, 5) is 47.2. The van der Waals surface area contributed by atoms with Crippen LogP contribution in [0.25, 0.3) is 0 Å². The van der Waals surface area contributed by atoms with Crippen LogP contribution in [0.4, 0.5) is 10.8 Å². The maximum atomic E-state index is 12.7. The van der Waals surface area contributed by atoms with Crippen molar-refractivity contribution in [2.24, 2.45) is 0 Å². The fourth-order valence-corrected chi connectivity index (χ4v) is 4.99. The van der Waals surface area contributed by atoms with Crippen molar-refractivity contribution < 1.29 is 14.4 Å². The Morgan fingerprint density at radius 3 is 2.62 bits per heavy atom. The second-order valence-corrected chi connectivity index (χ2v) is 9.00. The smallest absolute Gasteiger partial charge is 0.238 e. The van der Waals surface area contributed by atoms with Crippen LogP contribution in [0.1, 0.15) is 31.0 Å². The van der Waals surface area contributed by atoms with Crippen molar-refractivity contribution in [2.75, 3.05) is 49.5 Å². The Bertz CT molecular complexity index is 984. The molecule has 0 radical (unpaired) electrons. The predicted octanol–water partition coefficient (Wildman–Crippen LogP) is 2.16. The summed E-state index contributed by atoms with van der Waals surface area (Å²) in [5, 5.41) is 5.57. The molecule has 9 heteroatoms. The highest BCUT2D eigenvalue weighted by Gasteiger charge is 2.26. The molecule has 0 unspecified atom stereocenters. The summed E-state index contributed by atoms with van der Waals surface area (Å²) in [5.74, 6) is 0.114. The molecule has 170 valence electrons. The Hall–Kier alpha value is -2.78. The van der Waals surface area contributed by atoms with Crippen molar-refractivity contribution in [3.05, 3.63) is 40.9 Å². The van der Waals surface area contributed by atoms with Gasteiger partial charge in [0.2, 0.25) is 17.7 Å². The quantitative estimate of drug-likeness (QED) is 0.692. The minimum Gasteiger partial charge on any atom is -0.340 e. The first-order valence-electron chi connectivity index (χ1n) is 11.2. The third kappa shape index (κ3) is 5.34. The molecule has 2 fully saturated rings. The van der Waals surface area contributed by atoms with Crippen molar-refractivity contribution in [1.82, 2.24) is 14.8 Å². The number of nitrogens with one attached hydrogen (secondary N) is 1. The van der Waals surface area contributed by atoms with E-state index < -0.39 is 0 Å². The van der Waals surface area contributed by atoms with Crippen LogP contribution in [0.15, 0.2) is 29.6 Å². The molecule has 3 amide bonds. The van der Waals surface area contributed by atoms with E-state index in [1.807, 2.05) is 34.5 Å². The fraction of sp³-hybridized carbons (Fsp3) is 0.478. The Morgan fingerprint density at radius 1 is 1.12 bits per heavy atom. The number of aromatic nitrogens is 1. The number of thiazole rings is 1. The second kappa shape index (κ2) is 10.2. The largest absolute Gasteiger partial charge is 0.340 e.